The number of nitrogens with one attached hydrogen (secondary N) is 1. The second-order valence-electron chi connectivity index (χ2n) is 8.77. The van der Waals surface area contributed by atoms with Crippen LogP contribution in [0, 0.1) is 5.92 Å². The standard InChI is InChI=1S/C26H35BrCl2N2O4S/c1-3-5-7-15-30-25(22-14-11-20(28)17-24(22)29)23(26(32)33)18-31(16-8-6-4-2)36(34,35)21-12-9-19(27)10-13-21/h9-14,17,23,25,30H,3-8,15-16,18H2,1-2H3,(H,32,33). The van der Waals surface area contributed by atoms with E-state index in [0.717, 1.165) is 36.6 Å². The van der Waals surface area contributed by atoms with Gasteiger partial charge < -0.3 is 10.4 Å². The van der Waals surface area contributed by atoms with Gasteiger partial charge in [0.25, 0.3) is 0 Å². The Bertz CT molecular complexity index is 1080. The van der Waals surface area contributed by atoms with Crippen molar-refractivity contribution < 1.29 is 18.3 Å². The third-order valence-corrected chi connectivity index (χ3v) is 8.99. The van der Waals surface area contributed by atoms with Crippen molar-refractivity contribution in [3.8, 4) is 0 Å². The zero-order valence-corrected chi connectivity index (χ0v) is 24.6. The van der Waals surface area contributed by atoms with Crippen molar-refractivity contribution in [3.05, 3.63) is 62.5 Å². The molecule has 0 aliphatic carbocycles. The minimum atomic E-state index is -3.92. The normalized spacial score (nSPS) is 13.6. The fourth-order valence-corrected chi connectivity index (χ4v) is 6.30. The molecule has 0 radical (unpaired) electrons. The Morgan fingerprint density at radius 1 is 1.03 bits per heavy atom. The third-order valence-electron chi connectivity index (χ3n) is 6.02. The van der Waals surface area contributed by atoms with Crippen molar-refractivity contribution >= 4 is 55.1 Å². The number of hydrogen-bond acceptors (Lipinski definition) is 4. The summed E-state index contributed by atoms with van der Waals surface area (Å²) < 4.78 is 29.3. The molecule has 0 bridgehead atoms. The van der Waals surface area contributed by atoms with Crippen molar-refractivity contribution in [1.29, 1.82) is 0 Å². The van der Waals surface area contributed by atoms with Crippen LogP contribution in [0.3, 0.4) is 0 Å². The monoisotopic (exact) mass is 620 g/mol. The highest BCUT2D eigenvalue weighted by Gasteiger charge is 2.36. The maximum Gasteiger partial charge on any atom is 0.309 e. The Morgan fingerprint density at radius 3 is 2.25 bits per heavy atom. The lowest BCUT2D eigenvalue weighted by Gasteiger charge is -2.31. The molecule has 0 saturated carbocycles. The highest BCUT2D eigenvalue weighted by molar-refractivity contribution is 9.10. The van der Waals surface area contributed by atoms with Crippen LogP contribution in [0.1, 0.15) is 64.0 Å². The molecule has 200 valence electrons. The van der Waals surface area contributed by atoms with Crippen molar-refractivity contribution in [3.63, 3.8) is 0 Å². The lowest BCUT2D eigenvalue weighted by molar-refractivity contribution is -0.143. The van der Waals surface area contributed by atoms with E-state index in [1.807, 2.05) is 6.92 Å². The molecule has 0 spiro atoms. The van der Waals surface area contributed by atoms with Gasteiger partial charge in [-0.2, -0.15) is 4.31 Å². The lowest BCUT2D eigenvalue weighted by atomic mass is 9.92. The molecule has 0 saturated heterocycles. The number of carbonyl (C=O) groups is 1. The van der Waals surface area contributed by atoms with Crippen LogP contribution in [0.5, 0.6) is 0 Å². The van der Waals surface area contributed by atoms with Gasteiger partial charge in [0.1, 0.15) is 0 Å². The maximum absolute atomic E-state index is 13.6. The van der Waals surface area contributed by atoms with Crippen LogP contribution >= 0.6 is 39.1 Å². The largest absolute Gasteiger partial charge is 0.481 e. The van der Waals surface area contributed by atoms with Gasteiger partial charge in [-0.15, -0.1) is 0 Å². The number of hydrogen-bond donors (Lipinski definition) is 2. The van der Waals surface area contributed by atoms with Gasteiger partial charge in [0.2, 0.25) is 10.0 Å². The summed E-state index contributed by atoms with van der Waals surface area (Å²) in [6, 6.07) is 10.6. The fraction of sp³-hybridized carbons (Fsp3) is 0.500. The summed E-state index contributed by atoms with van der Waals surface area (Å²) in [5.74, 6) is -2.17. The first-order chi connectivity index (χ1) is 17.1. The molecular formula is C26H35BrCl2N2O4S. The summed E-state index contributed by atoms with van der Waals surface area (Å²) >= 11 is 15.9. The molecule has 6 nitrogen and oxygen atoms in total. The van der Waals surface area contributed by atoms with E-state index in [1.165, 1.54) is 16.4 Å². The fourth-order valence-electron chi connectivity index (χ4n) is 4.00. The molecule has 0 fully saturated rings. The number of aliphatic carboxylic acids is 1. The Labute approximate surface area is 233 Å². The SMILES string of the molecule is CCCCCNC(c1ccc(Cl)cc1Cl)C(CN(CCCCC)S(=O)(=O)c1ccc(Br)cc1)C(=O)O. The van der Waals surface area contributed by atoms with Gasteiger partial charge in [0, 0.05) is 33.6 Å². The van der Waals surface area contributed by atoms with E-state index in [-0.39, 0.29) is 18.0 Å². The van der Waals surface area contributed by atoms with Crippen LogP contribution in [0.25, 0.3) is 0 Å². The van der Waals surface area contributed by atoms with Crippen molar-refractivity contribution in [2.24, 2.45) is 5.92 Å². The van der Waals surface area contributed by atoms with Gasteiger partial charge in [0.05, 0.1) is 10.8 Å². The van der Waals surface area contributed by atoms with Gasteiger partial charge in [-0.05, 0) is 61.3 Å². The Hall–Kier alpha value is -1.16. The molecule has 0 heterocycles. The van der Waals surface area contributed by atoms with Crippen LogP contribution in [0.4, 0.5) is 0 Å². The molecule has 2 atom stereocenters. The summed E-state index contributed by atoms with van der Waals surface area (Å²) in [4.78, 5) is 12.7. The van der Waals surface area contributed by atoms with E-state index in [9.17, 15) is 18.3 Å². The molecule has 2 rings (SSSR count). The first-order valence-corrected chi connectivity index (χ1v) is 15.3. The van der Waals surface area contributed by atoms with E-state index >= 15 is 0 Å². The number of carboxylic acid groups (broad SMARTS) is 1. The predicted molar refractivity (Wildman–Crippen MR) is 150 cm³/mol. The average Bonchev–Trinajstić information content (AvgIpc) is 2.82. The topological polar surface area (TPSA) is 86.7 Å². The second kappa shape index (κ2) is 15.3. The summed E-state index contributed by atoms with van der Waals surface area (Å²) in [5, 5.41) is 14.4. The van der Waals surface area contributed by atoms with Gasteiger partial charge in [-0.3, -0.25) is 4.79 Å². The molecule has 2 unspecified atom stereocenters. The van der Waals surface area contributed by atoms with Crippen LogP contribution < -0.4 is 5.32 Å². The Kier molecular flexibility index (Phi) is 13.2. The number of rotatable bonds is 16. The van der Waals surface area contributed by atoms with E-state index in [1.54, 1.807) is 30.3 Å². The van der Waals surface area contributed by atoms with Gasteiger partial charge in [-0.25, -0.2) is 8.42 Å². The highest BCUT2D eigenvalue weighted by atomic mass is 79.9. The van der Waals surface area contributed by atoms with Crippen LogP contribution in [-0.4, -0.2) is 43.4 Å². The Morgan fingerprint density at radius 2 is 1.67 bits per heavy atom. The van der Waals surface area contributed by atoms with E-state index < -0.39 is 28.0 Å². The number of unbranched alkanes of at least 4 members (excludes halogenated alkanes) is 4. The quantitative estimate of drug-likeness (QED) is 0.194. The van der Waals surface area contributed by atoms with Crippen LogP contribution in [0.15, 0.2) is 51.8 Å². The Balaban J connectivity index is 2.47. The van der Waals surface area contributed by atoms with Gasteiger partial charge in [0.15, 0.2) is 0 Å². The molecule has 0 aliphatic heterocycles. The molecular weight excluding hydrogens is 587 g/mol. The highest BCUT2D eigenvalue weighted by Crippen LogP contribution is 2.33. The molecule has 0 aromatic heterocycles. The van der Waals surface area contributed by atoms with Crippen molar-refractivity contribution in [2.45, 2.75) is 63.3 Å². The minimum absolute atomic E-state index is 0.128. The summed E-state index contributed by atoms with van der Waals surface area (Å²) in [6.45, 7) is 4.74. The average molecular weight is 622 g/mol. The smallest absolute Gasteiger partial charge is 0.309 e. The third kappa shape index (κ3) is 8.99. The molecule has 36 heavy (non-hydrogen) atoms. The zero-order valence-electron chi connectivity index (χ0n) is 20.7. The molecule has 2 N–H and O–H groups in total. The maximum atomic E-state index is 13.6. The molecule has 2 aromatic rings. The van der Waals surface area contributed by atoms with Crippen molar-refractivity contribution in [1.82, 2.24) is 9.62 Å². The number of halogens is 3. The first kappa shape index (κ1) is 31.1. The van der Waals surface area contributed by atoms with E-state index in [0.29, 0.717) is 28.6 Å². The second-order valence-corrected chi connectivity index (χ2v) is 12.5. The zero-order chi connectivity index (χ0) is 26.7. The molecule has 0 amide bonds. The molecule has 10 heteroatoms. The molecule has 0 aliphatic rings. The number of sulfonamides is 1. The number of nitrogens with zero attached hydrogens (tertiary/aromatic N) is 1. The number of benzene rings is 2. The van der Waals surface area contributed by atoms with E-state index in [2.05, 4.69) is 28.2 Å². The van der Waals surface area contributed by atoms with Gasteiger partial charge in [-0.1, -0.05) is 84.7 Å². The van der Waals surface area contributed by atoms with E-state index in [4.69, 9.17) is 23.2 Å². The van der Waals surface area contributed by atoms with Crippen LogP contribution in [0.2, 0.25) is 10.0 Å². The summed E-state index contributed by atoms with van der Waals surface area (Å²) in [7, 11) is -3.92. The lowest BCUT2D eigenvalue weighted by Crippen LogP contribution is -2.44. The minimum Gasteiger partial charge on any atom is -0.481 e. The van der Waals surface area contributed by atoms with Crippen LogP contribution in [-0.2, 0) is 14.8 Å². The molecule has 2 aromatic carbocycles. The summed E-state index contributed by atoms with van der Waals surface area (Å²) in [6.07, 6.45) is 5.26. The first-order valence-electron chi connectivity index (χ1n) is 12.3. The van der Waals surface area contributed by atoms with Crippen molar-refractivity contribution in [2.75, 3.05) is 19.6 Å². The van der Waals surface area contributed by atoms with Gasteiger partial charge >= 0.3 is 5.97 Å². The number of carboxylic acids is 1. The summed E-state index contributed by atoms with van der Waals surface area (Å²) in [5.41, 5.74) is 0.583. The predicted octanol–water partition coefficient (Wildman–Crippen LogP) is 7.16.